The maximum absolute atomic E-state index is 13.4. The topological polar surface area (TPSA) is 58.3 Å². The molecule has 0 spiro atoms. The van der Waals surface area contributed by atoms with Crippen molar-refractivity contribution in [2.24, 2.45) is 0 Å². The highest BCUT2D eigenvalue weighted by molar-refractivity contribution is 9.10. The lowest BCUT2D eigenvalue weighted by Gasteiger charge is -2.34. The Morgan fingerprint density at radius 2 is 1.96 bits per heavy atom. The van der Waals surface area contributed by atoms with Crippen LogP contribution in [0.25, 0.3) is 5.69 Å². The number of aryl methyl sites for hydroxylation is 1. The van der Waals surface area contributed by atoms with Gasteiger partial charge < -0.3 is 14.2 Å². The van der Waals surface area contributed by atoms with Gasteiger partial charge in [-0.2, -0.15) is 5.26 Å². The van der Waals surface area contributed by atoms with Gasteiger partial charge in [-0.15, -0.1) is 0 Å². The van der Waals surface area contributed by atoms with E-state index < -0.39 is 0 Å². The van der Waals surface area contributed by atoms with Gasteiger partial charge in [-0.25, -0.2) is 0 Å². The third-order valence-corrected chi connectivity index (χ3v) is 5.63. The number of nitriles is 1. The number of carbonyl (C=O) groups excluding carboxylic acids is 1. The van der Waals surface area contributed by atoms with E-state index in [2.05, 4.69) is 26.6 Å². The SMILES string of the molecule is Cc1cc(C(=O)N(CCC#N)C2CCOCC2)c(C)n1-c1ccc(Br)cc1. The summed E-state index contributed by atoms with van der Waals surface area (Å²) in [4.78, 5) is 15.3. The minimum Gasteiger partial charge on any atom is -0.381 e. The molecule has 0 unspecified atom stereocenters. The predicted molar refractivity (Wildman–Crippen MR) is 108 cm³/mol. The quantitative estimate of drug-likeness (QED) is 0.707. The molecular formula is C21H24BrN3O2. The van der Waals surface area contributed by atoms with E-state index in [1.165, 1.54) is 0 Å². The van der Waals surface area contributed by atoms with Crippen LogP contribution in [0.1, 0.15) is 41.0 Å². The smallest absolute Gasteiger partial charge is 0.255 e. The molecule has 0 bridgehead atoms. The van der Waals surface area contributed by atoms with E-state index in [1.54, 1.807) is 0 Å². The van der Waals surface area contributed by atoms with Gasteiger partial charge in [-0.1, -0.05) is 15.9 Å². The summed E-state index contributed by atoms with van der Waals surface area (Å²) in [5.74, 6) is 0.00797. The van der Waals surface area contributed by atoms with Crippen LogP contribution in [-0.4, -0.2) is 41.2 Å². The number of carbonyl (C=O) groups is 1. The van der Waals surface area contributed by atoms with Crippen LogP contribution in [0.3, 0.4) is 0 Å². The van der Waals surface area contributed by atoms with Gasteiger partial charge in [-0.05, 0) is 57.0 Å². The standard InChI is InChI=1S/C21H24BrN3O2/c1-15-14-20(16(2)25(15)19-6-4-17(22)5-7-19)21(26)24(11-3-10-23)18-8-12-27-13-9-18/h4-7,14,18H,3,8-9,11-13H2,1-2H3. The van der Waals surface area contributed by atoms with Crippen LogP contribution in [0.15, 0.2) is 34.8 Å². The van der Waals surface area contributed by atoms with Crippen molar-refractivity contribution in [3.05, 3.63) is 51.8 Å². The van der Waals surface area contributed by atoms with E-state index in [0.717, 1.165) is 34.4 Å². The molecular weight excluding hydrogens is 406 g/mol. The molecule has 0 aliphatic carbocycles. The minimum atomic E-state index is 0.00797. The summed E-state index contributed by atoms with van der Waals surface area (Å²) in [7, 11) is 0. The molecule has 27 heavy (non-hydrogen) atoms. The molecule has 1 aromatic carbocycles. The number of benzene rings is 1. The normalized spacial score (nSPS) is 14.7. The van der Waals surface area contributed by atoms with Crippen molar-refractivity contribution in [1.29, 1.82) is 5.26 Å². The first kappa shape index (κ1) is 19.7. The second kappa shape index (κ2) is 8.73. The third-order valence-electron chi connectivity index (χ3n) is 5.10. The average molecular weight is 430 g/mol. The number of hydrogen-bond donors (Lipinski definition) is 0. The lowest BCUT2D eigenvalue weighted by molar-refractivity contribution is 0.0296. The van der Waals surface area contributed by atoms with Crippen LogP contribution in [0.5, 0.6) is 0 Å². The Morgan fingerprint density at radius 1 is 1.30 bits per heavy atom. The number of rotatable bonds is 5. The first-order chi connectivity index (χ1) is 13.0. The van der Waals surface area contributed by atoms with Crippen LogP contribution in [0.4, 0.5) is 0 Å². The summed E-state index contributed by atoms with van der Waals surface area (Å²) in [6, 6.07) is 12.3. The van der Waals surface area contributed by atoms with Crippen molar-refractivity contribution in [3.63, 3.8) is 0 Å². The Labute approximate surface area is 168 Å². The zero-order chi connectivity index (χ0) is 19.4. The predicted octanol–water partition coefficient (Wildman–Crippen LogP) is 4.39. The van der Waals surface area contributed by atoms with Crippen molar-refractivity contribution >= 4 is 21.8 Å². The lowest BCUT2D eigenvalue weighted by atomic mass is 10.0. The molecule has 1 amide bonds. The van der Waals surface area contributed by atoms with E-state index in [-0.39, 0.29) is 11.9 Å². The number of hydrogen-bond acceptors (Lipinski definition) is 3. The molecule has 1 saturated heterocycles. The van der Waals surface area contributed by atoms with Crippen molar-refractivity contribution in [3.8, 4) is 11.8 Å². The number of halogens is 1. The molecule has 0 N–H and O–H groups in total. The Kier molecular flexibility index (Phi) is 6.35. The number of ether oxygens (including phenoxy) is 1. The summed E-state index contributed by atoms with van der Waals surface area (Å²) < 4.78 is 8.57. The van der Waals surface area contributed by atoms with E-state index in [4.69, 9.17) is 10.00 Å². The van der Waals surface area contributed by atoms with Crippen LogP contribution in [0.2, 0.25) is 0 Å². The van der Waals surface area contributed by atoms with Crippen molar-refractivity contribution in [2.45, 2.75) is 39.2 Å². The highest BCUT2D eigenvalue weighted by atomic mass is 79.9. The van der Waals surface area contributed by atoms with Crippen molar-refractivity contribution < 1.29 is 9.53 Å². The minimum absolute atomic E-state index is 0.00797. The Morgan fingerprint density at radius 3 is 2.59 bits per heavy atom. The molecule has 6 heteroatoms. The molecule has 1 fully saturated rings. The number of nitrogens with zero attached hydrogens (tertiary/aromatic N) is 3. The maximum Gasteiger partial charge on any atom is 0.255 e. The molecule has 0 saturated carbocycles. The first-order valence-corrected chi connectivity index (χ1v) is 10.0. The monoisotopic (exact) mass is 429 g/mol. The second-order valence-electron chi connectivity index (χ2n) is 6.85. The fourth-order valence-corrected chi connectivity index (χ4v) is 4.00. The number of aromatic nitrogens is 1. The summed E-state index contributed by atoms with van der Waals surface area (Å²) in [5.41, 5.74) is 3.68. The molecule has 1 aliphatic rings. The van der Waals surface area contributed by atoms with Gasteiger partial charge in [0.25, 0.3) is 5.91 Å². The zero-order valence-corrected chi connectivity index (χ0v) is 17.3. The summed E-state index contributed by atoms with van der Waals surface area (Å²) in [6.07, 6.45) is 1.99. The molecule has 142 valence electrons. The number of amides is 1. The van der Waals surface area contributed by atoms with E-state index in [9.17, 15) is 4.79 Å². The Hall–Kier alpha value is -2.10. The average Bonchev–Trinajstić information content (AvgIpc) is 2.98. The maximum atomic E-state index is 13.4. The molecule has 0 atom stereocenters. The molecule has 1 aliphatic heterocycles. The zero-order valence-electron chi connectivity index (χ0n) is 15.7. The Bertz CT molecular complexity index is 846. The van der Waals surface area contributed by atoms with Crippen molar-refractivity contribution in [2.75, 3.05) is 19.8 Å². The van der Waals surface area contributed by atoms with Crippen LogP contribution < -0.4 is 0 Å². The fourth-order valence-electron chi connectivity index (χ4n) is 3.74. The molecule has 5 nitrogen and oxygen atoms in total. The van der Waals surface area contributed by atoms with Gasteiger partial charge >= 0.3 is 0 Å². The van der Waals surface area contributed by atoms with E-state index in [1.807, 2.05) is 49.1 Å². The third kappa shape index (κ3) is 4.26. The van der Waals surface area contributed by atoms with Gasteiger partial charge in [-0.3, -0.25) is 4.79 Å². The molecule has 3 rings (SSSR count). The van der Waals surface area contributed by atoms with Gasteiger partial charge in [0.05, 0.1) is 18.1 Å². The molecule has 2 aromatic rings. The van der Waals surface area contributed by atoms with Crippen LogP contribution in [-0.2, 0) is 4.74 Å². The highest BCUT2D eigenvalue weighted by Crippen LogP contribution is 2.25. The van der Waals surface area contributed by atoms with Crippen molar-refractivity contribution in [1.82, 2.24) is 9.47 Å². The summed E-state index contributed by atoms with van der Waals surface area (Å²) >= 11 is 3.46. The first-order valence-electron chi connectivity index (χ1n) is 9.23. The van der Waals surface area contributed by atoms with Crippen LogP contribution in [0, 0.1) is 25.2 Å². The largest absolute Gasteiger partial charge is 0.381 e. The van der Waals surface area contributed by atoms with Gasteiger partial charge in [0, 0.05) is 47.3 Å². The molecule has 2 heterocycles. The fraction of sp³-hybridized carbons (Fsp3) is 0.429. The highest BCUT2D eigenvalue weighted by Gasteiger charge is 2.28. The van der Waals surface area contributed by atoms with Gasteiger partial charge in [0.15, 0.2) is 0 Å². The summed E-state index contributed by atoms with van der Waals surface area (Å²) in [6.45, 7) is 5.79. The van der Waals surface area contributed by atoms with E-state index in [0.29, 0.717) is 31.7 Å². The molecule has 0 radical (unpaired) electrons. The van der Waals surface area contributed by atoms with Gasteiger partial charge in [0.2, 0.25) is 0 Å². The Balaban J connectivity index is 1.93. The van der Waals surface area contributed by atoms with Gasteiger partial charge in [0.1, 0.15) is 0 Å². The second-order valence-corrected chi connectivity index (χ2v) is 7.76. The van der Waals surface area contributed by atoms with Crippen LogP contribution >= 0.6 is 15.9 Å². The lowest BCUT2D eigenvalue weighted by Crippen LogP contribution is -2.44. The van der Waals surface area contributed by atoms with E-state index >= 15 is 0 Å². The molecule has 1 aromatic heterocycles. The summed E-state index contributed by atoms with van der Waals surface area (Å²) in [5, 5.41) is 9.02.